The van der Waals surface area contributed by atoms with E-state index in [0.717, 1.165) is 24.0 Å². The molecule has 1 aliphatic heterocycles. The monoisotopic (exact) mass is 904 g/mol. The minimum Gasteiger partial charge on any atom is -0.457 e. The highest BCUT2D eigenvalue weighted by Gasteiger charge is 2.37. The van der Waals surface area contributed by atoms with Gasteiger partial charge < -0.3 is 25.3 Å². The van der Waals surface area contributed by atoms with Crippen LogP contribution in [0.2, 0.25) is 0 Å². The van der Waals surface area contributed by atoms with Crippen molar-refractivity contribution in [2.75, 3.05) is 6.26 Å². The third-order valence-corrected chi connectivity index (χ3v) is 11.9. The van der Waals surface area contributed by atoms with Gasteiger partial charge in [0, 0.05) is 17.4 Å². The molecule has 0 saturated carbocycles. The Hall–Kier alpha value is -6.95. The molecule has 0 spiro atoms. The van der Waals surface area contributed by atoms with E-state index < -0.39 is 79.7 Å². The molecule has 18 heteroatoms. The Balaban J connectivity index is 1.16. The van der Waals surface area contributed by atoms with E-state index in [1.807, 2.05) is 18.0 Å². The molecule has 4 N–H and O–H groups in total. The molecule has 11 nitrogen and oxygen atoms in total. The number of carbonyl (C=O) groups excluding carboxylic acids is 2. The average molecular weight is 905 g/mol. The van der Waals surface area contributed by atoms with Crippen LogP contribution in [0.15, 0.2) is 124 Å². The Morgan fingerprint density at radius 2 is 1.42 bits per heavy atom. The van der Waals surface area contributed by atoms with Gasteiger partial charge in [-0.05, 0) is 96.0 Å². The second-order valence-corrected chi connectivity index (χ2v) is 17.1. The molecule has 3 heterocycles. The fourth-order valence-electron chi connectivity index (χ4n) is 7.63. The summed E-state index contributed by atoms with van der Waals surface area (Å²) in [5.74, 6) is -1.38. The van der Waals surface area contributed by atoms with E-state index in [2.05, 4.69) is 10.6 Å². The first-order valence-electron chi connectivity index (χ1n) is 19.8. The van der Waals surface area contributed by atoms with Crippen molar-refractivity contribution in [3.8, 4) is 11.5 Å². The first-order chi connectivity index (χ1) is 30.2. The molecule has 0 fully saturated rings. The number of carbonyl (C=O) groups is 2. The Kier molecular flexibility index (Phi) is 12.4. The van der Waals surface area contributed by atoms with E-state index in [1.165, 1.54) is 18.2 Å². The highest BCUT2D eigenvalue weighted by molar-refractivity contribution is 7.90. The van der Waals surface area contributed by atoms with Crippen molar-refractivity contribution in [1.82, 2.24) is 20.6 Å². The lowest BCUT2D eigenvalue weighted by atomic mass is 9.91. The molecule has 2 aromatic heterocycles. The van der Waals surface area contributed by atoms with Gasteiger partial charge in [-0.1, -0.05) is 73.7 Å². The van der Waals surface area contributed by atoms with E-state index in [9.17, 15) is 53.9 Å². The lowest BCUT2D eigenvalue weighted by molar-refractivity contribution is -0.142. The zero-order chi connectivity index (χ0) is 46.1. The van der Waals surface area contributed by atoms with Gasteiger partial charge >= 0.3 is 12.4 Å². The number of rotatable bonds is 12. The van der Waals surface area contributed by atoms with Crippen LogP contribution in [-0.2, 0) is 41.5 Å². The second-order valence-electron chi connectivity index (χ2n) is 15.1. The van der Waals surface area contributed by atoms with Crippen LogP contribution in [0, 0.1) is 0 Å². The molecule has 6 aromatic rings. The number of aromatic nitrogens is 2. The highest BCUT2D eigenvalue weighted by atomic mass is 32.2. The fraction of sp³-hybridized carbons (Fsp3) is 0.217. The number of hydrogen-bond acceptors (Lipinski definition) is 7. The maximum Gasteiger partial charge on any atom is 0.431 e. The summed E-state index contributed by atoms with van der Waals surface area (Å²) in [6.07, 6.45) is -8.35. The molecule has 0 radical (unpaired) electrons. The summed E-state index contributed by atoms with van der Waals surface area (Å²) in [6.45, 7) is 1.90. The number of H-pyrrole nitrogens is 2. The van der Waals surface area contributed by atoms with Gasteiger partial charge in [0.25, 0.3) is 22.9 Å². The molecule has 2 amide bonds. The summed E-state index contributed by atoms with van der Waals surface area (Å²) in [5.41, 5.74) is -3.92. The van der Waals surface area contributed by atoms with Gasteiger partial charge in [-0.3, -0.25) is 19.2 Å². The number of sulfone groups is 1. The summed E-state index contributed by atoms with van der Waals surface area (Å²) in [5, 5.41) is 5.41. The molecule has 0 aliphatic carbocycles. The van der Waals surface area contributed by atoms with Gasteiger partial charge in [-0.15, -0.1) is 0 Å². The third-order valence-electron chi connectivity index (χ3n) is 10.7. The molecular formula is C46H38F6N4O7S. The van der Waals surface area contributed by atoms with Crippen LogP contribution in [0.5, 0.6) is 11.5 Å². The number of fused-ring (bicyclic) bond motifs is 2. The molecule has 332 valence electrons. The number of aromatic amines is 2. The largest absolute Gasteiger partial charge is 0.457 e. The van der Waals surface area contributed by atoms with Gasteiger partial charge in [0.05, 0.1) is 17.0 Å². The van der Waals surface area contributed by atoms with Gasteiger partial charge in [0.15, 0.2) is 9.84 Å². The summed E-state index contributed by atoms with van der Waals surface area (Å²) in [6, 6.07) is 24.6. The minimum atomic E-state index is -5.02. The Bertz CT molecular complexity index is 3020. The van der Waals surface area contributed by atoms with Crippen LogP contribution in [0.1, 0.15) is 96.5 Å². The number of amides is 2. The van der Waals surface area contributed by atoms with Crippen molar-refractivity contribution >= 4 is 21.7 Å². The standard InChI is InChI=1S/C46H38F6N4O7S/c1-3-25-10-8-12-27(22-25)38(30-15-5-7-17-36(30)64(2,61)62)54-43(59)33-24-28(40(46(50,51)52)56-44(33)60)13-9-11-26-18-20-35-32(23-26)39(29-14-4-6-16-34(29)63-35)55-42(58)31-19-21-37(45(47,48)49)53-41(31)57/h4-8,10,12,14-24,38-39H,3,9,11,13H2,1-2H3,(H,53,57)(H,54,59)(H,55,58)(H,56,60). The molecule has 2 unspecified atom stereocenters. The lowest BCUT2D eigenvalue weighted by Crippen LogP contribution is -2.35. The number of nitrogens with one attached hydrogen (secondary N) is 4. The molecule has 0 saturated heterocycles. The molecular weight excluding hydrogens is 867 g/mol. The number of alkyl halides is 6. The topological polar surface area (TPSA) is 167 Å². The number of para-hydroxylation sites is 1. The van der Waals surface area contributed by atoms with Gasteiger partial charge in [0.2, 0.25) is 0 Å². The maximum absolute atomic E-state index is 14.4. The summed E-state index contributed by atoms with van der Waals surface area (Å²) >= 11 is 0. The van der Waals surface area contributed by atoms with Gasteiger partial charge in [0.1, 0.15) is 34.0 Å². The van der Waals surface area contributed by atoms with Crippen molar-refractivity contribution in [3.05, 3.63) is 191 Å². The summed E-state index contributed by atoms with van der Waals surface area (Å²) in [7, 11) is -3.83. The molecule has 2 atom stereocenters. The number of aryl methyl sites for hydroxylation is 3. The Morgan fingerprint density at radius 3 is 2.12 bits per heavy atom. The van der Waals surface area contributed by atoms with E-state index in [0.29, 0.717) is 46.2 Å². The Morgan fingerprint density at radius 1 is 0.719 bits per heavy atom. The van der Waals surface area contributed by atoms with Crippen molar-refractivity contribution in [1.29, 1.82) is 0 Å². The van der Waals surface area contributed by atoms with Crippen molar-refractivity contribution in [2.24, 2.45) is 0 Å². The van der Waals surface area contributed by atoms with Crippen LogP contribution in [-0.4, -0.2) is 36.5 Å². The minimum absolute atomic E-state index is 0.0541. The van der Waals surface area contributed by atoms with Crippen LogP contribution >= 0.6 is 0 Å². The molecule has 64 heavy (non-hydrogen) atoms. The smallest absolute Gasteiger partial charge is 0.431 e. The number of ether oxygens (including phenoxy) is 1. The lowest BCUT2D eigenvalue weighted by Gasteiger charge is -2.29. The van der Waals surface area contributed by atoms with Crippen molar-refractivity contribution in [2.45, 2.75) is 61.9 Å². The fourth-order valence-corrected chi connectivity index (χ4v) is 8.57. The van der Waals surface area contributed by atoms with E-state index in [1.54, 1.807) is 71.7 Å². The van der Waals surface area contributed by atoms with Crippen molar-refractivity contribution in [3.63, 3.8) is 0 Å². The number of benzene rings is 4. The summed E-state index contributed by atoms with van der Waals surface area (Å²) < 4.78 is 115. The number of hydrogen-bond donors (Lipinski definition) is 4. The Labute approximate surface area is 361 Å². The van der Waals surface area contributed by atoms with E-state index in [4.69, 9.17) is 4.74 Å². The second kappa shape index (κ2) is 17.7. The van der Waals surface area contributed by atoms with Gasteiger partial charge in [-0.2, -0.15) is 26.3 Å². The number of halogens is 6. The van der Waals surface area contributed by atoms with Crippen LogP contribution in [0.3, 0.4) is 0 Å². The van der Waals surface area contributed by atoms with Crippen LogP contribution in [0.4, 0.5) is 26.3 Å². The predicted molar refractivity (Wildman–Crippen MR) is 223 cm³/mol. The van der Waals surface area contributed by atoms with E-state index in [-0.39, 0.29) is 35.3 Å². The highest BCUT2D eigenvalue weighted by Crippen LogP contribution is 2.43. The summed E-state index contributed by atoms with van der Waals surface area (Å²) in [4.78, 5) is 56.6. The first-order valence-corrected chi connectivity index (χ1v) is 21.6. The van der Waals surface area contributed by atoms with Gasteiger partial charge in [-0.25, -0.2) is 8.42 Å². The first kappa shape index (κ1) is 45.1. The normalized spacial score (nSPS) is 14.2. The average Bonchev–Trinajstić information content (AvgIpc) is 3.24. The van der Waals surface area contributed by atoms with Crippen molar-refractivity contribution < 1.29 is 49.1 Å². The van der Waals surface area contributed by atoms with Crippen LogP contribution in [0.25, 0.3) is 0 Å². The SMILES string of the molecule is CCc1cccc(C(NC(=O)c2cc(CCCc3ccc4c(c3)C(NC(=O)c3ccc(C(F)(F)F)[nH]c3=O)c3ccccc3O4)c(C(F)(F)F)[nH]c2=O)c2ccccc2S(C)(=O)=O)c1. The van der Waals surface area contributed by atoms with E-state index >= 15 is 0 Å². The molecule has 1 aliphatic rings. The predicted octanol–water partition coefficient (Wildman–Crippen LogP) is 8.39. The molecule has 0 bridgehead atoms. The quantitative estimate of drug-likeness (QED) is 0.0896. The molecule has 4 aromatic carbocycles. The maximum atomic E-state index is 14.4. The molecule has 7 rings (SSSR count). The third kappa shape index (κ3) is 9.66. The van der Waals surface area contributed by atoms with Crippen LogP contribution < -0.4 is 26.5 Å². The zero-order valence-corrected chi connectivity index (χ0v) is 34.7. The zero-order valence-electron chi connectivity index (χ0n) is 33.9. The number of pyridine rings is 2.